The van der Waals surface area contributed by atoms with E-state index < -0.39 is 5.97 Å². The molecule has 1 aromatic carbocycles. The van der Waals surface area contributed by atoms with Crippen molar-refractivity contribution in [3.05, 3.63) is 34.4 Å². The summed E-state index contributed by atoms with van der Waals surface area (Å²) >= 11 is 3.21. The van der Waals surface area contributed by atoms with Crippen LogP contribution in [-0.2, 0) is 0 Å². The van der Waals surface area contributed by atoms with Crippen LogP contribution in [0.3, 0.4) is 0 Å². The molecule has 0 radical (unpaired) electrons. The molecule has 0 saturated heterocycles. The van der Waals surface area contributed by atoms with Crippen molar-refractivity contribution in [2.75, 3.05) is 5.33 Å². The summed E-state index contributed by atoms with van der Waals surface area (Å²) in [5.74, 6) is 4.95. The van der Waals surface area contributed by atoms with Gasteiger partial charge in [-0.3, -0.25) is 0 Å². The Labute approximate surface area is 97.4 Å². The molecule has 0 heterocycles. The van der Waals surface area contributed by atoms with Gasteiger partial charge in [-0.1, -0.05) is 27.8 Å². The molecule has 0 atom stereocenters. The number of rotatable bonds is 1. The number of benzene rings is 1. The molecule has 0 unspecified atom stereocenters. The molecule has 0 amide bonds. The highest BCUT2D eigenvalue weighted by molar-refractivity contribution is 9.09. The van der Waals surface area contributed by atoms with Crippen molar-refractivity contribution in [1.29, 1.82) is 0 Å². The average Bonchev–Trinajstić information content (AvgIpc) is 2.12. The Morgan fingerprint density at radius 2 is 1.93 bits per heavy atom. The molecule has 1 aromatic rings. The zero-order chi connectivity index (χ0) is 11.4. The number of carbonyl (C=O) groups is 1. The summed E-state index contributed by atoms with van der Waals surface area (Å²) in [5, 5.41) is 9.59. The van der Waals surface area contributed by atoms with Crippen LogP contribution in [0.1, 0.15) is 27.0 Å². The number of aryl methyl sites for hydroxylation is 2. The summed E-state index contributed by atoms with van der Waals surface area (Å²) in [4.78, 5) is 10.9. The largest absolute Gasteiger partial charge is 0.478 e. The van der Waals surface area contributed by atoms with Gasteiger partial charge in [0.15, 0.2) is 0 Å². The molecule has 0 bridgehead atoms. The van der Waals surface area contributed by atoms with Crippen LogP contribution < -0.4 is 0 Å². The maximum atomic E-state index is 10.9. The van der Waals surface area contributed by atoms with E-state index in [2.05, 4.69) is 27.8 Å². The molecule has 78 valence electrons. The van der Waals surface area contributed by atoms with Gasteiger partial charge in [-0.05, 0) is 37.1 Å². The third kappa shape index (κ3) is 2.84. The van der Waals surface area contributed by atoms with Gasteiger partial charge in [0.2, 0.25) is 0 Å². The fourth-order valence-corrected chi connectivity index (χ4v) is 1.65. The Balaban J connectivity index is 3.25. The molecule has 0 aromatic heterocycles. The lowest BCUT2D eigenvalue weighted by atomic mass is 9.99. The van der Waals surface area contributed by atoms with Crippen LogP contribution in [0.4, 0.5) is 0 Å². The van der Waals surface area contributed by atoms with Gasteiger partial charge in [0.1, 0.15) is 0 Å². The molecule has 15 heavy (non-hydrogen) atoms. The maximum Gasteiger partial charge on any atom is 0.336 e. The summed E-state index contributed by atoms with van der Waals surface area (Å²) in [6.45, 7) is 3.57. The fraction of sp³-hybridized carbons (Fsp3) is 0.250. The standard InChI is InChI=1S/C12H11BrO2/c1-8-6-10(4-3-5-13)7-9(2)11(8)12(14)15/h6-7H,5H2,1-2H3,(H,14,15). The number of alkyl halides is 1. The van der Waals surface area contributed by atoms with E-state index in [1.54, 1.807) is 26.0 Å². The zero-order valence-corrected chi connectivity index (χ0v) is 10.2. The van der Waals surface area contributed by atoms with Crippen LogP contribution in [0.5, 0.6) is 0 Å². The summed E-state index contributed by atoms with van der Waals surface area (Å²) in [6, 6.07) is 3.60. The van der Waals surface area contributed by atoms with E-state index in [0.717, 1.165) is 16.7 Å². The lowest BCUT2D eigenvalue weighted by Gasteiger charge is -2.05. The minimum atomic E-state index is -0.884. The topological polar surface area (TPSA) is 37.3 Å². The molecule has 3 heteroatoms. The Kier molecular flexibility index (Phi) is 3.93. The first-order chi connectivity index (χ1) is 7.06. The van der Waals surface area contributed by atoms with Gasteiger partial charge in [0, 0.05) is 5.56 Å². The van der Waals surface area contributed by atoms with E-state index in [1.165, 1.54) is 0 Å². The Hall–Kier alpha value is -1.27. The number of carboxylic acids is 1. The maximum absolute atomic E-state index is 10.9. The first-order valence-corrected chi connectivity index (χ1v) is 5.57. The summed E-state index contributed by atoms with van der Waals surface area (Å²) < 4.78 is 0. The Morgan fingerprint density at radius 3 is 2.33 bits per heavy atom. The van der Waals surface area contributed by atoms with Crippen molar-refractivity contribution in [2.45, 2.75) is 13.8 Å². The average molecular weight is 267 g/mol. The van der Waals surface area contributed by atoms with Crippen molar-refractivity contribution in [3.8, 4) is 11.8 Å². The van der Waals surface area contributed by atoms with Gasteiger partial charge in [-0.25, -0.2) is 4.79 Å². The van der Waals surface area contributed by atoms with E-state index >= 15 is 0 Å². The summed E-state index contributed by atoms with van der Waals surface area (Å²) in [6.07, 6.45) is 0. The van der Waals surface area contributed by atoms with Crippen LogP contribution in [0.25, 0.3) is 0 Å². The molecule has 0 fully saturated rings. The smallest absolute Gasteiger partial charge is 0.336 e. The number of halogens is 1. The lowest BCUT2D eigenvalue weighted by molar-refractivity contribution is 0.0695. The first-order valence-electron chi connectivity index (χ1n) is 4.45. The number of carboxylic acid groups (broad SMARTS) is 1. The predicted octanol–water partition coefficient (Wildman–Crippen LogP) is 2.75. The van der Waals surface area contributed by atoms with Crippen LogP contribution in [0.15, 0.2) is 12.1 Å². The van der Waals surface area contributed by atoms with Gasteiger partial charge in [-0.2, -0.15) is 0 Å². The summed E-state index contributed by atoms with van der Waals surface area (Å²) in [5.41, 5.74) is 2.73. The van der Waals surface area contributed by atoms with Gasteiger partial charge in [0.25, 0.3) is 0 Å². The van der Waals surface area contributed by atoms with Gasteiger partial charge in [0.05, 0.1) is 10.9 Å². The van der Waals surface area contributed by atoms with Crippen molar-refractivity contribution < 1.29 is 9.90 Å². The van der Waals surface area contributed by atoms with E-state index in [4.69, 9.17) is 5.11 Å². The van der Waals surface area contributed by atoms with E-state index in [1.807, 2.05) is 0 Å². The zero-order valence-electron chi connectivity index (χ0n) is 8.60. The molecule has 0 aliphatic heterocycles. The summed E-state index contributed by atoms with van der Waals surface area (Å²) in [7, 11) is 0. The van der Waals surface area contributed by atoms with E-state index in [9.17, 15) is 4.79 Å². The van der Waals surface area contributed by atoms with Crippen LogP contribution >= 0.6 is 15.9 Å². The highest BCUT2D eigenvalue weighted by Crippen LogP contribution is 2.16. The van der Waals surface area contributed by atoms with Gasteiger partial charge in [-0.15, -0.1) is 0 Å². The van der Waals surface area contributed by atoms with Crippen LogP contribution in [0, 0.1) is 25.7 Å². The molecular weight excluding hydrogens is 256 g/mol. The second-order valence-corrected chi connectivity index (χ2v) is 3.79. The quantitative estimate of drug-likeness (QED) is 0.627. The predicted molar refractivity (Wildman–Crippen MR) is 63.5 cm³/mol. The second-order valence-electron chi connectivity index (χ2n) is 3.23. The van der Waals surface area contributed by atoms with Gasteiger partial charge < -0.3 is 5.11 Å². The van der Waals surface area contributed by atoms with Gasteiger partial charge >= 0.3 is 5.97 Å². The molecule has 0 aliphatic carbocycles. The van der Waals surface area contributed by atoms with E-state index in [-0.39, 0.29) is 0 Å². The third-order valence-corrected chi connectivity index (χ3v) is 2.33. The minimum absolute atomic E-state index is 0.374. The second kappa shape index (κ2) is 4.99. The van der Waals surface area contributed by atoms with Crippen LogP contribution in [-0.4, -0.2) is 16.4 Å². The molecule has 0 aliphatic rings. The number of hydrogen-bond acceptors (Lipinski definition) is 1. The Morgan fingerprint density at radius 1 is 1.40 bits per heavy atom. The van der Waals surface area contributed by atoms with E-state index in [0.29, 0.717) is 10.9 Å². The number of aromatic carboxylic acids is 1. The molecule has 2 nitrogen and oxygen atoms in total. The molecule has 1 rings (SSSR count). The minimum Gasteiger partial charge on any atom is -0.478 e. The SMILES string of the molecule is Cc1cc(C#CCBr)cc(C)c1C(=O)O. The van der Waals surface area contributed by atoms with Crippen molar-refractivity contribution in [1.82, 2.24) is 0 Å². The molecular formula is C12H11BrO2. The molecule has 0 saturated carbocycles. The highest BCUT2D eigenvalue weighted by atomic mass is 79.9. The first kappa shape index (κ1) is 11.8. The monoisotopic (exact) mass is 266 g/mol. The highest BCUT2D eigenvalue weighted by Gasteiger charge is 2.10. The molecule has 1 N–H and O–H groups in total. The Bertz CT molecular complexity index is 429. The van der Waals surface area contributed by atoms with Crippen molar-refractivity contribution >= 4 is 21.9 Å². The molecule has 0 spiro atoms. The number of hydrogen-bond donors (Lipinski definition) is 1. The lowest BCUT2D eigenvalue weighted by Crippen LogP contribution is -2.03. The normalized spacial score (nSPS) is 9.27. The van der Waals surface area contributed by atoms with Crippen LogP contribution in [0.2, 0.25) is 0 Å². The van der Waals surface area contributed by atoms with Crippen molar-refractivity contribution in [3.63, 3.8) is 0 Å². The fourth-order valence-electron chi connectivity index (χ4n) is 1.51. The third-order valence-electron chi connectivity index (χ3n) is 2.05. The van der Waals surface area contributed by atoms with Crippen molar-refractivity contribution in [2.24, 2.45) is 0 Å².